The van der Waals surface area contributed by atoms with Crippen LogP contribution in [0.25, 0.3) is 11.8 Å². The number of esters is 1. The van der Waals surface area contributed by atoms with Crippen LogP contribution in [0.2, 0.25) is 0 Å². The first-order chi connectivity index (χ1) is 20.6. The summed E-state index contributed by atoms with van der Waals surface area (Å²) >= 11 is 2.99. The maximum absolute atomic E-state index is 14.1. The van der Waals surface area contributed by atoms with Gasteiger partial charge in [-0.2, -0.15) is 0 Å². The molecule has 214 valence electrons. The van der Waals surface area contributed by atoms with Gasteiger partial charge >= 0.3 is 5.97 Å². The van der Waals surface area contributed by atoms with Gasteiger partial charge in [-0.1, -0.05) is 65.9 Å². The van der Waals surface area contributed by atoms with Gasteiger partial charge in [-0.25, -0.2) is 9.79 Å². The van der Waals surface area contributed by atoms with E-state index < -0.39 is 12.0 Å². The molecule has 42 heavy (non-hydrogen) atoms. The molecule has 0 aliphatic carbocycles. The second kappa shape index (κ2) is 12.5. The number of hydrogen-bond donors (Lipinski definition) is 0. The van der Waals surface area contributed by atoms with Crippen LogP contribution < -0.4 is 19.8 Å². The van der Waals surface area contributed by atoms with Gasteiger partial charge in [-0.15, -0.1) is 11.8 Å². The molecule has 2 aliphatic heterocycles. The van der Waals surface area contributed by atoms with Gasteiger partial charge in [0.25, 0.3) is 5.56 Å². The molecular formula is C34H33N3O3S2. The molecule has 1 fully saturated rings. The van der Waals surface area contributed by atoms with E-state index >= 15 is 0 Å². The van der Waals surface area contributed by atoms with Crippen LogP contribution in [0.5, 0.6) is 0 Å². The standard InChI is InChI=1S/C34H33N3O3S2/c1-3-40-33(39)29-30(24-10-6-4-7-11-24)35-34-37(31(29)25-14-18-27(41-2)19-15-25)32(38)28(42-34)22-23-12-16-26(17-13-23)36-20-8-5-9-21-36/h4,6-7,10-19,22,31H,3,5,8-9,20-21H2,1-2H3/b28-22+/t31-/m0/s1. The minimum atomic E-state index is -0.671. The largest absolute Gasteiger partial charge is 0.463 e. The van der Waals surface area contributed by atoms with Crippen LogP contribution in [0.1, 0.15) is 48.9 Å². The molecule has 0 unspecified atom stereocenters. The Morgan fingerprint density at radius 1 is 1.00 bits per heavy atom. The predicted octanol–water partition coefficient (Wildman–Crippen LogP) is 5.65. The summed E-state index contributed by atoms with van der Waals surface area (Å²) in [6.45, 7) is 4.18. The van der Waals surface area contributed by atoms with Crippen molar-refractivity contribution >= 4 is 46.5 Å². The summed E-state index contributed by atoms with van der Waals surface area (Å²) in [5.74, 6) is -0.471. The van der Waals surface area contributed by atoms with E-state index in [0.29, 0.717) is 20.6 Å². The van der Waals surface area contributed by atoms with Gasteiger partial charge in [0.2, 0.25) is 0 Å². The number of piperidine rings is 1. The summed E-state index contributed by atoms with van der Waals surface area (Å²) in [6.07, 6.45) is 7.69. The third kappa shape index (κ3) is 5.61. The van der Waals surface area contributed by atoms with E-state index in [-0.39, 0.29) is 12.2 Å². The number of rotatable bonds is 7. The smallest absolute Gasteiger partial charge is 0.338 e. The second-order valence-electron chi connectivity index (χ2n) is 10.3. The minimum absolute atomic E-state index is 0.174. The fraction of sp³-hybridized carbons (Fsp3) is 0.265. The summed E-state index contributed by atoms with van der Waals surface area (Å²) in [5, 5.41) is 0. The van der Waals surface area contributed by atoms with Gasteiger partial charge in [0, 0.05) is 29.2 Å². The zero-order valence-electron chi connectivity index (χ0n) is 23.8. The van der Waals surface area contributed by atoms with Crippen molar-refractivity contribution in [3.05, 3.63) is 121 Å². The second-order valence-corrected chi connectivity index (χ2v) is 12.2. The lowest BCUT2D eigenvalue weighted by Crippen LogP contribution is -2.40. The fourth-order valence-electron chi connectivity index (χ4n) is 5.63. The van der Waals surface area contributed by atoms with Gasteiger partial charge in [-0.3, -0.25) is 9.36 Å². The number of aromatic nitrogens is 1. The summed E-state index contributed by atoms with van der Waals surface area (Å²) in [7, 11) is 0. The molecular weight excluding hydrogens is 563 g/mol. The van der Waals surface area contributed by atoms with Gasteiger partial charge in [0.1, 0.15) is 0 Å². The maximum atomic E-state index is 14.1. The number of benzene rings is 3. The van der Waals surface area contributed by atoms with E-state index in [1.54, 1.807) is 23.3 Å². The Balaban J connectivity index is 1.51. The molecule has 2 aliphatic rings. The molecule has 0 N–H and O–H groups in total. The quantitative estimate of drug-likeness (QED) is 0.204. The Kier molecular flexibility index (Phi) is 8.44. The van der Waals surface area contributed by atoms with Gasteiger partial charge < -0.3 is 9.64 Å². The van der Waals surface area contributed by atoms with Gasteiger partial charge in [0.15, 0.2) is 4.80 Å². The summed E-state index contributed by atoms with van der Waals surface area (Å²) in [6, 6.07) is 25.4. The number of thioether (sulfide) groups is 1. The highest BCUT2D eigenvalue weighted by molar-refractivity contribution is 7.98. The number of hydrogen-bond acceptors (Lipinski definition) is 7. The first-order valence-electron chi connectivity index (χ1n) is 14.3. The highest BCUT2D eigenvalue weighted by Gasteiger charge is 2.35. The number of carbonyl (C=O) groups is 1. The first-order valence-corrected chi connectivity index (χ1v) is 16.4. The number of anilines is 1. The number of ether oxygens (including phenoxy) is 1. The van der Waals surface area contributed by atoms with E-state index in [2.05, 4.69) is 29.2 Å². The topological polar surface area (TPSA) is 63.9 Å². The zero-order valence-corrected chi connectivity index (χ0v) is 25.4. The third-order valence-electron chi connectivity index (χ3n) is 7.72. The Morgan fingerprint density at radius 3 is 2.38 bits per heavy atom. The number of carbonyl (C=O) groups excluding carboxylic acids is 1. The van der Waals surface area contributed by atoms with Crippen LogP contribution in [0.4, 0.5) is 5.69 Å². The van der Waals surface area contributed by atoms with Crippen molar-refractivity contribution < 1.29 is 9.53 Å². The van der Waals surface area contributed by atoms with E-state index in [9.17, 15) is 9.59 Å². The van der Waals surface area contributed by atoms with E-state index in [4.69, 9.17) is 9.73 Å². The van der Waals surface area contributed by atoms with Gasteiger partial charge in [0.05, 0.1) is 28.5 Å². The van der Waals surface area contributed by atoms with E-state index in [1.807, 2.05) is 66.9 Å². The Morgan fingerprint density at radius 2 is 1.71 bits per heavy atom. The normalized spacial score (nSPS) is 17.1. The average Bonchev–Trinajstić information content (AvgIpc) is 3.35. The van der Waals surface area contributed by atoms with Crippen molar-refractivity contribution in [2.45, 2.75) is 37.1 Å². The van der Waals surface area contributed by atoms with Crippen LogP contribution in [-0.4, -0.2) is 36.5 Å². The lowest BCUT2D eigenvalue weighted by molar-refractivity contribution is -0.138. The Labute approximate surface area is 253 Å². The molecule has 0 saturated carbocycles. The zero-order chi connectivity index (χ0) is 29.1. The number of nitrogens with zero attached hydrogens (tertiary/aromatic N) is 3. The van der Waals surface area contributed by atoms with Crippen molar-refractivity contribution in [3.63, 3.8) is 0 Å². The molecule has 4 aromatic rings. The minimum Gasteiger partial charge on any atom is -0.463 e. The lowest BCUT2D eigenvalue weighted by Gasteiger charge is -2.28. The Bertz CT molecular complexity index is 1780. The Hall–Kier alpha value is -3.88. The predicted molar refractivity (Wildman–Crippen MR) is 172 cm³/mol. The highest BCUT2D eigenvalue weighted by Crippen LogP contribution is 2.35. The van der Waals surface area contributed by atoms with Crippen LogP contribution in [-0.2, 0) is 9.53 Å². The molecule has 8 heteroatoms. The molecule has 0 bridgehead atoms. The molecule has 1 saturated heterocycles. The molecule has 3 aromatic carbocycles. The van der Waals surface area contributed by atoms with Crippen molar-refractivity contribution in [2.75, 3.05) is 30.9 Å². The first kappa shape index (κ1) is 28.2. The lowest BCUT2D eigenvalue weighted by atomic mass is 9.93. The number of thiazole rings is 1. The SMILES string of the molecule is CCOC(=O)C1=C(c2ccccc2)N=c2s/c(=C/c3ccc(N4CCCCC4)cc3)c(=O)n2[C@H]1c1ccc(SC)cc1. The van der Waals surface area contributed by atoms with Gasteiger partial charge in [-0.05, 0) is 73.9 Å². The summed E-state index contributed by atoms with van der Waals surface area (Å²) < 4.78 is 7.79. The van der Waals surface area contributed by atoms with Crippen LogP contribution >= 0.6 is 23.1 Å². The molecule has 6 rings (SSSR count). The molecule has 1 aromatic heterocycles. The average molecular weight is 596 g/mol. The van der Waals surface area contributed by atoms with Crippen molar-refractivity contribution in [3.8, 4) is 0 Å². The van der Waals surface area contributed by atoms with Crippen LogP contribution in [0.3, 0.4) is 0 Å². The molecule has 3 heterocycles. The monoisotopic (exact) mass is 595 g/mol. The summed E-state index contributed by atoms with van der Waals surface area (Å²) in [4.78, 5) is 36.7. The van der Waals surface area contributed by atoms with Crippen LogP contribution in [0, 0.1) is 0 Å². The number of fused-ring (bicyclic) bond motifs is 1. The van der Waals surface area contributed by atoms with E-state index in [1.165, 1.54) is 36.3 Å². The molecule has 6 nitrogen and oxygen atoms in total. The van der Waals surface area contributed by atoms with Crippen molar-refractivity contribution in [1.82, 2.24) is 4.57 Å². The highest BCUT2D eigenvalue weighted by atomic mass is 32.2. The molecule has 0 radical (unpaired) electrons. The van der Waals surface area contributed by atoms with Crippen LogP contribution in [0.15, 0.2) is 99.1 Å². The molecule has 1 atom stereocenters. The molecule has 0 spiro atoms. The fourth-order valence-corrected chi connectivity index (χ4v) is 7.04. The van der Waals surface area contributed by atoms with Crippen molar-refractivity contribution in [1.29, 1.82) is 0 Å². The third-order valence-corrected chi connectivity index (χ3v) is 9.44. The van der Waals surface area contributed by atoms with E-state index in [0.717, 1.165) is 34.7 Å². The molecule has 0 amide bonds. The summed E-state index contributed by atoms with van der Waals surface area (Å²) in [5.41, 5.74) is 4.53. The maximum Gasteiger partial charge on any atom is 0.338 e. The van der Waals surface area contributed by atoms with Crippen molar-refractivity contribution in [2.24, 2.45) is 4.99 Å².